The van der Waals surface area contributed by atoms with Crippen molar-refractivity contribution >= 4 is 28.6 Å². The van der Waals surface area contributed by atoms with Crippen molar-refractivity contribution in [3.63, 3.8) is 0 Å². The van der Waals surface area contributed by atoms with Gasteiger partial charge in [0, 0.05) is 59.8 Å². The summed E-state index contributed by atoms with van der Waals surface area (Å²) < 4.78 is 19.8. The number of carbonyl (C=O) groups excluding carboxylic acids is 1. The van der Waals surface area contributed by atoms with E-state index in [4.69, 9.17) is 25.4 Å². The zero-order chi connectivity index (χ0) is 39.9. The quantitative estimate of drug-likeness (QED) is 0.0727. The third-order valence-electron chi connectivity index (χ3n) is 11.1. The molecule has 13 heteroatoms. The highest BCUT2D eigenvalue weighted by atomic mass is 16.6. The lowest BCUT2D eigenvalue weighted by atomic mass is 9.63. The molecule has 3 aromatic heterocycles. The predicted octanol–water partition coefficient (Wildman–Crippen LogP) is 4.55. The number of aliphatic hydroxyl groups is 2. The Morgan fingerprint density at radius 3 is 2.57 bits per heavy atom. The van der Waals surface area contributed by atoms with Crippen LogP contribution < -0.4 is 21.6 Å². The molecule has 288 valence electrons. The molecule has 2 aromatic carbocycles. The average molecular weight is 759 g/mol. The number of aliphatic hydroxyl groups excluding tert-OH is 2. The van der Waals surface area contributed by atoms with Crippen LogP contribution in [0.25, 0.3) is 11.0 Å². The molecule has 0 radical (unpaired) electrons. The molecular formula is C43H42N4O9. The van der Waals surface area contributed by atoms with E-state index in [2.05, 4.69) is 21.8 Å². The van der Waals surface area contributed by atoms with E-state index in [0.29, 0.717) is 28.9 Å². The first-order valence-corrected chi connectivity index (χ1v) is 18.1. The molecule has 0 spiro atoms. The Balaban J connectivity index is 1.65. The van der Waals surface area contributed by atoms with Crippen molar-refractivity contribution in [3.05, 3.63) is 122 Å². The van der Waals surface area contributed by atoms with Crippen LogP contribution in [0.2, 0.25) is 0 Å². The number of hydrogen-bond donors (Lipinski definition) is 6. The molecular weight excluding hydrogens is 716 g/mol. The van der Waals surface area contributed by atoms with Gasteiger partial charge < -0.3 is 45.8 Å². The summed E-state index contributed by atoms with van der Waals surface area (Å²) in [5.74, 6) is 4.48. The number of carbonyl (C=O) groups is 1. The standard InChI is InChI=1S/C43H42N4O9/c1-4-23(2)41(53)55-32-19-30-38(52)35-31(51)18-29(21-48)54-40(35)36-37(25-12-14-46-34(45)16-25)43(22-49,27-7-5-9-28(50)17-27)13-6-8-26(42(32,3)56-39(30)36)15-24-10-11-33(44)47-20-24/h4-5,7,9-12,14,16-18,20,26,32,37,48-50,52H,8,15,19,21-22H2,1-3H3,(H2,44,47)(H2,45,46)/b23-4-/t26-,32-,37-,42+,43+/m1/s1. The van der Waals surface area contributed by atoms with Crippen LogP contribution in [0.4, 0.5) is 11.6 Å². The van der Waals surface area contributed by atoms with Gasteiger partial charge in [0.05, 0.1) is 12.0 Å². The van der Waals surface area contributed by atoms with E-state index in [0.717, 1.165) is 11.6 Å². The summed E-state index contributed by atoms with van der Waals surface area (Å²) in [7, 11) is 0. The number of phenolic OH excluding ortho intramolecular Hbond substituents is 2. The van der Waals surface area contributed by atoms with Gasteiger partial charge in [-0.15, -0.1) is 5.92 Å². The first kappa shape index (κ1) is 37.9. The van der Waals surface area contributed by atoms with Gasteiger partial charge in [0.1, 0.15) is 63.9 Å². The number of rotatable bonds is 8. The molecule has 0 fully saturated rings. The molecule has 7 rings (SSSR count). The van der Waals surface area contributed by atoms with Crippen molar-refractivity contribution < 1.29 is 39.1 Å². The molecule has 0 aliphatic carbocycles. The topological polar surface area (TPSA) is 224 Å². The Morgan fingerprint density at radius 1 is 1.09 bits per heavy atom. The van der Waals surface area contributed by atoms with Gasteiger partial charge in [-0.05, 0) is 74.2 Å². The number of esters is 1. The SMILES string of the molecule is C/C=C(/C)C(=O)O[C@@H]1Cc2c3c(c4oc(CO)cc(=O)c4c2O)[C@@H](c2ccnc(N)c2)[C@@](CO)(c2cccc(O)c2)C#CC[C@H](Cc2ccc(N)nc2)[C@]1(C)O3. The fraction of sp³-hybridized carbons (Fsp3) is 0.302. The van der Waals surface area contributed by atoms with Crippen LogP contribution in [0.1, 0.15) is 66.7 Å². The predicted molar refractivity (Wildman–Crippen MR) is 208 cm³/mol. The number of nitrogens with two attached hydrogens (primary N) is 2. The fourth-order valence-electron chi connectivity index (χ4n) is 7.95. The number of aromatic nitrogens is 2. The highest BCUT2D eigenvalue weighted by Crippen LogP contribution is 2.56. The number of nitrogens with zero attached hydrogens (tertiary/aromatic N) is 2. The smallest absolute Gasteiger partial charge is 0.333 e. The number of ether oxygens (including phenoxy) is 2. The maximum Gasteiger partial charge on any atom is 0.333 e. The third kappa shape index (κ3) is 6.46. The molecule has 56 heavy (non-hydrogen) atoms. The molecule has 0 unspecified atom stereocenters. The van der Waals surface area contributed by atoms with Gasteiger partial charge in [-0.1, -0.05) is 30.2 Å². The molecule has 2 aliphatic heterocycles. The molecule has 0 saturated heterocycles. The number of hydrogen-bond acceptors (Lipinski definition) is 13. The Bertz CT molecular complexity index is 2500. The van der Waals surface area contributed by atoms with E-state index < -0.39 is 59.3 Å². The van der Waals surface area contributed by atoms with Gasteiger partial charge in [0.2, 0.25) is 0 Å². The lowest BCUT2D eigenvalue weighted by Crippen LogP contribution is -2.57. The van der Waals surface area contributed by atoms with Gasteiger partial charge in [-0.2, -0.15) is 0 Å². The summed E-state index contributed by atoms with van der Waals surface area (Å²) in [5, 5.41) is 44.8. The minimum Gasteiger partial charge on any atom is -0.508 e. The summed E-state index contributed by atoms with van der Waals surface area (Å²) in [6.07, 6.45) is 4.13. The monoisotopic (exact) mass is 758 g/mol. The van der Waals surface area contributed by atoms with Gasteiger partial charge in [-0.25, -0.2) is 14.8 Å². The van der Waals surface area contributed by atoms with E-state index in [-0.39, 0.29) is 58.0 Å². The lowest BCUT2D eigenvalue weighted by Gasteiger charge is -2.48. The molecule has 0 amide bonds. The van der Waals surface area contributed by atoms with Crippen molar-refractivity contribution in [2.24, 2.45) is 5.92 Å². The van der Waals surface area contributed by atoms with Crippen molar-refractivity contribution in [2.45, 2.75) is 69.7 Å². The highest BCUT2D eigenvalue weighted by Gasteiger charge is 2.54. The highest BCUT2D eigenvalue weighted by molar-refractivity contribution is 5.92. The van der Waals surface area contributed by atoms with Crippen molar-refractivity contribution in [1.82, 2.24) is 9.97 Å². The number of aromatic hydroxyl groups is 2. The zero-order valence-electron chi connectivity index (χ0n) is 31.1. The number of pyridine rings is 2. The number of phenols is 2. The van der Waals surface area contributed by atoms with Crippen LogP contribution in [-0.4, -0.2) is 54.7 Å². The van der Waals surface area contributed by atoms with Crippen LogP contribution in [0.15, 0.2) is 87.9 Å². The van der Waals surface area contributed by atoms with E-state index >= 15 is 0 Å². The number of benzene rings is 2. The van der Waals surface area contributed by atoms with Crippen LogP contribution in [0, 0.1) is 17.8 Å². The Hall–Kier alpha value is -6.36. The number of fused-ring (bicyclic) bond motifs is 3. The summed E-state index contributed by atoms with van der Waals surface area (Å²) in [6.45, 7) is 3.90. The summed E-state index contributed by atoms with van der Waals surface area (Å²) in [5.41, 5.74) is 10.9. The Labute approximate surface area is 322 Å². The van der Waals surface area contributed by atoms with E-state index in [1.165, 1.54) is 18.3 Å². The largest absolute Gasteiger partial charge is 0.508 e. The Kier molecular flexibility index (Phi) is 9.96. The molecule has 5 heterocycles. The third-order valence-corrected chi connectivity index (χ3v) is 11.1. The first-order chi connectivity index (χ1) is 26.8. The van der Waals surface area contributed by atoms with E-state index in [1.54, 1.807) is 56.5 Å². The minimum atomic E-state index is -1.60. The minimum absolute atomic E-state index is 0.0902. The molecule has 8 N–H and O–H groups in total. The van der Waals surface area contributed by atoms with Crippen molar-refractivity contribution in [2.75, 3.05) is 18.1 Å². The van der Waals surface area contributed by atoms with Crippen molar-refractivity contribution in [1.29, 1.82) is 0 Å². The van der Waals surface area contributed by atoms with Crippen molar-refractivity contribution in [3.8, 4) is 29.1 Å². The van der Waals surface area contributed by atoms with Crippen LogP contribution in [-0.2, 0) is 34.4 Å². The van der Waals surface area contributed by atoms with Gasteiger partial charge in [0.15, 0.2) is 5.43 Å². The second-order valence-electron chi connectivity index (χ2n) is 14.5. The van der Waals surface area contributed by atoms with Gasteiger partial charge in [0.25, 0.3) is 0 Å². The summed E-state index contributed by atoms with van der Waals surface area (Å²) in [6, 6.07) is 14.2. The molecule has 2 aliphatic rings. The number of anilines is 2. The van der Waals surface area contributed by atoms with E-state index in [9.17, 15) is 30.0 Å². The fourth-order valence-corrected chi connectivity index (χ4v) is 7.95. The van der Waals surface area contributed by atoms with Crippen LogP contribution in [0.3, 0.4) is 0 Å². The van der Waals surface area contributed by atoms with Gasteiger partial charge in [-0.3, -0.25) is 4.79 Å². The normalized spacial score (nSPS) is 23.1. The molecule has 5 aromatic rings. The molecule has 5 atom stereocenters. The average Bonchev–Trinajstić information content (AvgIpc) is 3.18. The number of allylic oxidation sites excluding steroid dienone is 1. The van der Waals surface area contributed by atoms with E-state index in [1.807, 2.05) is 13.0 Å². The summed E-state index contributed by atoms with van der Waals surface area (Å²) >= 11 is 0. The Morgan fingerprint density at radius 2 is 1.89 bits per heavy atom. The molecule has 0 saturated carbocycles. The lowest BCUT2D eigenvalue weighted by molar-refractivity contribution is -0.164. The zero-order valence-corrected chi connectivity index (χ0v) is 31.1. The van der Waals surface area contributed by atoms with Crippen LogP contribution >= 0.6 is 0 Å². The molecule has 2 bridgehead atoms. The summed E-state index contributed by atoms with van der Waals surface area (Å²) in [4.78, 5) is 36.0. The van der Waals surface area contributed by atoms with Gasteiger partial charge >= 0.3 is 5.97 Å². The first-order valence-electron chi connectivity index (χ1n) is 18.1. The number of nitrogen functional groups attached to an aromatic ring is 2. The maximum atomic E-state index is 14.0. The second kappa shape index (κ2) is 14.7. The maximum absolute atomic E-state index is 14.0. The second-order valence-corrected chi connectivity index (χ2v) is 14.5. The van der Waals surface area contributed by atoms with Crippen LogP contribution in [0.5, 0.6) is 17.2 Å². The molecule has 13 nitrogen and oxygen atoms in total.